The fraction of sp³-hybridized carbons (Fsp3) is 0.900. The monoisotopic (exact) mass is 203 g/mol. The molecule has 76 valence electrons. The molecule has 0 bridgehead atoms. The van der Waals surface area contributed by atoms with Crippen LogP contribution in [0.3, 0.4) is 0 Å². The van der Waals surface area contributed by atoms with Crippen molar-refractivity contribution in [1.82, 2.24) is 4.90 Å². The molecule has 1 aliphatic rings. The Hall–Kier alpha value is -0.240. The fourth-order valence-electron chi connectivity index (χ4n) is 1.81. The van der Waals surface area contributed by atoms with Gasteiger partial charge in [0.15, 0.2) is 0 Å². The SMILES string of the molecule is CCCC(=O)N1CCCC(Cl)C1C. The van der Waals surface area contributed by atoms with Crippen molar-refractivity contribution < 1.29 is 4.79 Å². The van der Waals surface area contributed by atoms with E-state index in [0.717, 1.165) is 25.8 Å². The van der Waals surface area contributed by atoms with Crippen LogP contribution < -0.4 is 0 Å². The standard InChI is InChI=1S/C10H18ClNO/c1-3-5-10(13)12-7-4-6-9(11)8(12)2/h8-9H,3-7H2,1-2H3. The normalized spacial score (nSPS) is 29.0. The topological polar surface area (TPSA) is 20.3 Å². The van der Waals surface area contributed by atoms with Crippen LogP contribution in [0.25, 0.3) is 0 Å². The van der Waals surface area contributed by atoms with E-state index in [-0.39, 0.29) is 17.3 Å². The largest absolute Gasteiger partial charge is 0.339 e. The Kier molecular flexibility index (Phi) is 4.04. The first-order valence-corrected chi connectivity index (χ1v) is 5.54. The lowest BCUT2D eigenvalue weighted by molar-refractivity contribution is -0.134. The third kappa shape index (κ3) is 2.60. The molecule has 1 fully saturated rings. The second kappa shape index (κ2) is 4.85. The van der Waals surface area contributed by atoms with Gasteiger partial charge < -0.3 is 4.90 Å². The van der Waals surface area contributed by atoms with Gasteiger partial charge in [0.1, 0.15) is 0 Å². The summed E-state index contributed by atoms with van der Waals surface area (Å²) in [6, 6.07) is 0.217. The number of piperidine rings is 1. The lowest BCUT2D eigenvalue weighted by Crippen LogP contribution is -2.47. The third-order valence-corrected chi connectivity index (χ3v) is 3.26. The summed E-state index contributed by atoms with van der Waals surface area (Å²) in [5.74, 6) is 0.264. The van der Waals surface area contributed by atoms with Crippen molar-refractivity contribution in [2.24, 2.45) is 0 Å². The van der Waals surface area contributed by atoms with E-state index in [1.165, 1.54) is 0 Å². The van der Waals surface area contributed by atoms with Crippen LogP contribution in [0, 0.1) is 0 Å². The highest BCUT2D eigenvalue weighted by Gasteiger charge is 2.28. The molecule has 13 heavy (non-hydrogen) atoms. The van der Waals surface area contributed by atoms with Gasteiger partial charge in [0.25, 0.3) is 0 Å². The second-order valence-corrected chi connectivity index (χ2v) is 4.30. The Bertz CT molecular complexity index is 184. The maximum absolute atomic E-state index is 11.6. The summed E-state index contributed by atoms with van der Waals surface area (Å²) in [6.07, 6.45) is 3.68. The predicted molar refractivity (Wildman–Crippen MR) is 55.0 cm³/mol. The van der Waals surface area contributed by atoms with Crippen molar-refractivity contribution in [3.63, 3.8) is 0 Å². The zero-order valence-corrected chi connectivity index (χ0v) is 9.18. The molecule has 0 spiro atoms. The molecule has 1 heterocycles. The number of carbonyl (C=O) groups is 1. The van der Waals surface area contributed by atoms with Gasteiger partial charge in [-0.3, -0.25) is 4.79 Å². The van der Waals surface area contributed by atoms with E-state index >= 15 is 0 Å². The molecule has 2 nitrogen and oxygen atoms in total. The first-order chi connectivity index (χ1) is 6.16. The van der Waals surface area contributed by atoms with Gasteiger partial charge in [-0.15, -0.1) is 11.6 Å². The molecule has 0 aromatic heterocycles. The third-order valence-electron chi connectivity index (χ3n) is 2.68. The van der Waals surface area contributed by atoms with Gasteiger partial charge in [-0.05, 0) is 26.2 Å². The van der Waals surface area contributed by atoms with Crippen molar-refractivity contribution in [3.8, 4) is 0 Å². The van der Waals surface area contributed by atoms with Crippen molar-refractivity contribution in [2.45, 2.75) is 50.9 Å². The number of likely N-dealkylation sites (tertiary alicyclic amines) is 1. The van der Waals surface area contributed by atoms with Gasteiger partial charge in [0.2, 0.25) is 5.91 Å². The summed E-state index contributed by atoms with van der Waals surface area (Å²) in [6.45, 7) is 4.97. The summed E-state index contributed by atoms with van der Waals surface area (Å²) >= 11 is 6.11. The molecular weight excluding hydrogens is 186 g/mol. The Balaban J connectivity index is 2.52. The van der Waals surface area contributed by atoms with Crippen LogP contribution in [-0.4, -0.2) is 28.8 Å². The fourth-order valence-corrected chi connectivity index (χ4v) is 2.10. The number of nitrogens with zero attached hydrogens (tertiary/aromatic N) is 1. The molecule has 0 N–H and O–H groups in total. The average Bonchev–Trinajstić information content (AvgIpc) is 2.10. The molecule has 2 unspecified atom stereocenters. The van der Waals surface area contributed by atoms with Gasteiger partial charge in [-0.1, -0.05) is 6.92 Å². The molecule has 2 atom stereocenters. The van der Waals surface area contributed by atoms with Crippen molar-refractivity contribution in [2.75, 3.05) is 6.54 Å². The minimum Gasteiger partial charge on any atom is -0.339 e. The lowest BCUT2D eigenvalue weighted by Gasteiger charge is -2.36. The lowest BCUT2D eigenvalue weighted by atomic mass is 10.0. The van der Waals surface area contributed by atoms with E-state index in [2.05, 4.69) is 0 Å². The molecule has 1 aliphatic heterocycles. The van der Waals surface area contributed by atoms with Crippen molar-refractivity contribution in [1.29, 1.82) is 0 Å². The van der Waals surface area contributed by atoms with E-state index in [1.54, 1.807) is 0 Å². The summed E-state index contributed by atoms with van der Waals surface area (Å²) in [4.78, 5) is 13.6. The molecule has 0 radical (unpaired) electrons. The first kappa shape index (κ1) is 10.8. The quantitative estimate of drug-likeness (QED) is 0.632. The molecule has 0 saturated carbocycles. The number of carbonyl (C=O) groups excluding carboxylic acids is 1. The maximum Gasteiger partial charge on any atom is 0.222 e. The number of hydrogen-bond acceptors (Lipinski definition) is 1. The highest BCUT2D eigenvalue weighted by Crippen LogP contribution is 2.22. The molecule has 0 aromatic carbocycles. The van der Waals surface area contributed by atoms with Crippen LogP contribution in [0.5, 0.6) is 0 Å². The van der Waals surface area contributed by atoms with Gasteiger partial charge in [-0.25, -0.2) is 0 Å². The number of hydrogen-bond donors (Lipinski definition) is 0. The van der Waals surface area contributed by atoms with Crippen LogP contribution in [-0.2, 0) is 4.79 Å². The summed E-state index contributed by atoms with van der Waals surface area (Å²) < 4.78 is 0. The van der Waals surface area contributed by atoms with Crippen molar-refractivity contribution >= 4 is 17.5 Å². The smallest absolute Gasteiger partial charge is 0.222 e. The summed E-state index contributed by atoms with van der Waals surface area (Å²) in [5, 5.41) is 0.148. The van der Waals surface area contributed by atoms with Crippen LogP contribution >= 0.6 is 11.6 Å². The Morgan fingerprint density at radius 1 is 1.62 bits per heavy atom. The molecule has 1 saturated heterocycles. The molecule has 0 aromatic rings. The van der Waals surface area contributed by atoms with Crippen molar-refractivity contribution in [3.05, 3.63) is 0 Å². The minimum atomic E-state index is 0.148. The first-order valence-electron chi connectivity index (χ1n) is 5.10. The van der Waals surface area contributed by atoms with E-state index in [1.807, 2.05) is 18.7 Å². The van der Waals surface area contributed by atoms with E-state index in [4.69, 9.17) is 11.6 Å². The Morgan fingerprint density at radius 2 is 2.31 bits per heavy atom. The molecule has 3 heteroatoms. The summed E-state index contributed by atoms with van der Waals surface area (Å²) in [7, 11) is 0. The second-order valence-electron chi connectivity index (χ2n) is 3.74. The molecule has 1 rings (SSSR count). The predicted octanol–water partition coefficient (Wildman–Crippen LogP) is 2.40. The van der Waals surface area contributed by atoms with E-state index in [0.29, 0.717) is 6.42 Å². The number of amides is 1. The summed E-state index contributed by atoms with van der Waals surface area (Å²) in [5.41, 5.74) is 0. The van der Waals surface area contributed by atoms with Gasteiger partial charge in [-0.2, -0.15) is 0 Å². The van der Waals surface area contributed by atoms with Crippen LogP contribution in [0.2, 0.25) is 0 Å². The minimum absolute atomic E-state index is 0.148. The molecular formula is C10H18ClNO. The highest BCUT2D eigenvalue weighted by molar-refractivity contribution is 6.21. The van der Waals surface area contributed by atoms with E-state index < -0.39 is 0 Å². The van der Waals surface area contributed by atoms with Gasteiger partial charge >= 0.3 is 0 Å². The van der Waals surface area contributed by atoms with E-state index in [9.17, 15) is 4.79 Å². The van der Waals surface area contributed by atoms with Crippen LogP contribution in [0.15, 0.2) is 0 Å². The van der Waals surface area contributed by atoms with Gasteiger partial charge in [0, 0.05) is 19.0 Å². The number of alkyl halides is 1. The number of rotatable bonds is 2. The molecule has 1 amide bonds. The maximum atomic E-state index is 11.6. The van der Waals surface area contributed by atoms with Gasteiger partial charge in [0.05, 0.1) is 5.38 Å². The zero-order valence-electron chi connectivity index (χ0n) is 8.42. The number of halogens is 1. The Labute approximate surface area is 85.2 Å². The average molecular weight is 204 g/mol. The molecule has 0 aliphatic carbocycles. The Morgan fingerprint density at radius 3 is 2.92 bits per heavy atom. The van der Waals surface area contributed by atoms with Crippen LogP contribution in [0.4, 0.5) is 0 Å². The zero-order chi connectivity index (χ0) is 9.84. The van der Waals surface area contributed by atoms with Crippen LogP contribution in [0.1, 0.15) is 39.5 Å². The highest BCUT2D eigenvalue weighted by atomic mass is 35.5.